The van der Waals surface area contributed by atoms with Crippen LogP contribution in [0.15, 0.2) is 21.4 Å². The van der Waals surface area contributed by atoms with E-state index in [1.165, 1.54) is 6.07 Å². The Balaban J connectivity index is 3.02. The first-order chi connectivity index (χ1) is 8.23. The normalized spacial score (nSPS) is 12.1. The van der Waals surface area contributed by atoms with Gasteiger partial charge in [0.05, 0.1) is 10.9 Å². The van der Waals surface area contributed by atoms with Gasteiger partial charge in [-0.05, 0) is 35.0 Å². The lowest BCUT2D eigenvalue weighted by molar-refractivity contribution is -0.141. The lowest BCUT2D eigenvalue weighted by Gasteiger charge is -2.12. The molecule has 0 radical (unpaired) electrons. The van der Waals surface area contributed by atoms with Crippen LogP contribution in [-0.2, 0) is 6.18 Å². The lowest BCUT2D eigenvalue weighted by atomic mass is 10.1. The highest BCUT2D eigenvalue weighted by Crippen LogP contribution is 2.32. The largest absolute Gasteiger partial charge is 0.431 e. The highest BCUT2D eigenvalue weighted by molar-refractivity contribution is 9.10. The predicted molar refractivity (Wildman–Crippen MR) is 62.0 cm³/mol. The van der Waals surface area contributed by atoms with E-state index in [0.29, 0.717) is 0 Å². The zero-order valence-electron chi connectivity index (χ0n) is 8.95. The van der Waals surface area contributed by atoms with E-state index in [9.17, 15) is 22.4 Å². The van der Waals surface area contributed by atoms with Gasteiger partial charge < -0.3 is 4.98 Å². The number of hydrogen-bond acceptors (Lipinski definition) is 1. The number of fused-ring (bicyclic) bond motifs is 1. The van der Waals surface area contributed by atoms with Crippen LogP contribution in [0, 0.1) is 12.7 Å². The molecule has 0 saturated heterocycles. The Morgan fingerprint density at radius 3 is 2.44 bits per heavy atom. The molecule has 96 valence electrons. The summed E-state index contributed by atoms with van der Waals surface area (Å²) in [4.78, 5) is 13.9. The van der Waals surface area contributed by atoms with Crippen LogP contribution in [-0.4, -0.2) is 4.98 Å². The van der Waals surface area contributed by atoms with Crippen LogP contribution in [0.2, 0.25) is 0 Å². The minimum Gasteiger partial charge on any atom is -0.350 e. The van der Waals surface area contributed by atoms with Gasteiger partial charge in [-0.1, -0.05) is 0 Å². The molecule has 1 aromatic heterocycles. The molecule has 0 aliphatic rings. The quantitative estimate of drug-likeness (QED) is 0.736. The van der Waals surface area contributed by atoms with Crippen molar-refractivity contribution in [3.63, 3.8) is 0 Å². The summed E-state index contributed by atoms with van der Waals surface area (Å²) in [6.45, 7) is 1.02. The van der Waals surface area contributed by atoms with Gasteiger partial charge in [0.25, 0.3) is 0 Å². The molecule has 0 aliphatic carbocycles. The molecular formula is C11H6BrF4NO. The van der Waals surface area contributed by atoms with Gasteiger partial charge in [-0.3, -0.25) is 4.79 Å². The fourth-order valence-corrected chi connectivity index (χ4v) is 2.13. The van der Waals surface area contributed by atoms with Gasteiger partial charge in [-0.25, -0.2) is 4.39 Å². The second-order valence-electron chi connectivity index (χ2n) is 3.73. The molecule has 2 aromatic rings. The zero-order chi connectivity index (χ0) is 13.7. The second-order valence-corrected chi connectivity index (χ2v) is 4.59. The maximum absolute atomic E-state index is 13.5. The molecule has 0 amide bonds. The standard InChI is InChI=1S/C11H6BrF4NO/c1-4-9(18)7-6(13)3-2-5(12)8(7)17-10(4)11(14,15)16/h2-3H,1H3,(H,17,18). The van der Waals surface area contributed by atoms with E-state index in [4.69, 9.17) is 0 Å². The van der Waals surface area contributed by atoms with Crippen LogP contribution in [0.4, 0.5) is 17.6 Å². The molecule has 2 nitrogen and oxygen atoms in total. The number of aromatic amines is 1. The number of rotatable bonds is 0. The van der Waals surface area contributed by atoms with Crippen molar-refractivity contribution >= 4 is 26.8 Å². The van der Waals surface area contributed by atoms with Crippen molar-refractivity contribution in [2.45, 2.75) is 13.1 Å². The second kappa shape index (κ2) is 4.08. The van der Waals surface area contributed by atoms with Gasteiger partial charge in [-0.15, -0.1) is 0 Å². The van der Waals surface area contributed by atoms with Crippen LogP contribution >= 0.6 is 15.9 Å². The fraction of sp³-hybridized carbons (Fsp3) is 0.182. The zero-order valence-corrected chi connectivity index (χ0v) is 10.5. The van der Waals surface area contributed by atoms with E-state index in [-0.39, 0.29) is 15.4 Å². The van der Waals surface area contributed by atoms with Crippen molar-refractivity contribution in [1.82, 2.24) is 4.98 Å². The molecule has 1 N–H and O–H groups in total. The number of aromatic nitrogens is 1. The number of benzene rings is 1. The third kappa shape index (κ3) is 1.92. The molecule has 0 spiro atoms. The van der Waals surface area contributed by atoms with Gasteiger partial charge in [0.15, 0.2) is 5.43 Å². The first-order valence-electron chi connectivity index (χ1n) is 4.81. The summed E-state index contributed by atoms with van der Waals surface area (Å²) in [6.07, 6.45) is -4.69. The summed E-state index contributed by atoms with van der Waals surface area (Å²) in [5, 5.41) is -0.380. The Labute approximate surface area is 107 Å². The minimum absolute atomic E-state index is 0.196. The van der Waals surface area contributed by atoms with E-state index in [2.05, 4.69) is 20.9 Å². The number of alkyl halides is 3. The fourth-order valence-electron chi connectivity index (χ4n) is 1.70. The Kier molecular flexibility index (Phi) is 2.96. The lowest BCUT2D eigenvalue weighted by Crippen LogP contribution is -2.19. The van der Waals surface area contributed by atoms with Crippen LogP contribution in [0.25, 0.3) is 10.9 Å². The number of pyridine rings is 1. The van der Waals surface area contributed by atoms with E-state index in [1.54, 1.807) is 0 Å². The van der Waals surface area contributed by atoms with Crippen molar-refractivity contribution < 1.29 is 17.6 Å². The maximum atomic E-state index is 13.5. The predicted octanol–water partition coefficient (Wildman–Crippen LogP) is 3.76. The smallest absolute Gasteiger partial charge is 0.350 e. The molecular weight excluding hydrogens is 318 g/mol. The molecule has 7 heteroatoms. The molecule has 2 rings (SSSR count). The van der Waals surface area contributed by atoms with E-state index < -0.39 is 28.7 Å². The van der Waals surface area contributed by atoms with Crippen LogP contribution in [0.5, 0.6) is 0 Å². The maximum Gasteiger partial charge on any atom is 0.431 e. The molecule has 0 unspecified atom stereocenters. The Morgan fingerprint density at radius 2 is 1.89 bits per heavy atom. The van der Waals surface area contributed by atoms with Crippen molar-refractivity contribution in [2.75, 3.05) is 0 Å². The third-order valence-electron chi connectivity index (χ3n) is 2.58. The summed E-state index contributed by atoms with van der Waals surface area (Å²) in [6, 6.07) is 2.26. The average molecular weight is 324 g/mol. The molecule has 1 aromatic carbocycles. The number of hydrogen-bond donors (Lipinski definition) is 1. The number of nitrogens with one attached hydrogen (secondary N) is 1. The first kappa shape index (κ1) is 13.1. The highest BCUT2D eigenvalue weighted by atomic mass is 79.9. The molecule has 0 saturated carbocycles. The summed E-state index contributed by atoms with van der Waals surface area (Å²) in [7, 11) is 0. The summed E-state index contributed by atoms with van der Waals surface area (Å²) in [5.74, 6) is -0.855. The van der Waals surface area contributed by atoms with E-state index >= 15 is 0 Å². The minimum atomic E-state index is -4.69. The number of halogens is 5. The van der Waals surface area contributed by atoms with E-state index in [0.717, 1.165) is 13.0 Å². The molecule has 0 atom stereocenters. The van der Waals surface area contributed by atoms with Crippen LogP contribution in [0.3, 0.4) is 0 Å². The summed E-state index contributed by atoms with van der Waals surface area (Å²) < 4.78 is 51.8. The van der Waals surface area contributed by atoms with Crippen molar-refractivity contribution in [3.05, 3.63) is 43.9 Å². The van der Waals surface area contributed by atoms with Gasteiger partial charge in [-0.2, -0.15) is 13.2 Å². The highest BCUT2D eigenvalue weighted by Gasteiger charge is 2.35. The van der Waals surface area contributed by atoms with Crippen LogP contribution < -0.4 is 5.43 Å². The molecule has 0 aliphatic heterocycles. The number of H-pyrrole nitrogens is 1. The van der Waals surface area contributed by atoms with Crippen molar-refractivity contribution in [1.29, 1.82) is 0 Å². The van der Waals surface area contributed by atoms with Gasteiger partial charge >= 0.3 is 6.18 Å². The SMILES string of the molecule is Cc1c(C(F)(F)F)[nH]c2c(Br)ccc(F)c2c1=O. The topological polar surface area (TPSA) is 32.9 Å². The van der Waals surface area contributed by atoms with E-state index in [1.807, 2.05) is 0 Å². The Morgan fingerprint density at radius 1 is 1.28 bits per heavy atom. The molecule has 1 heterocycles. The van der Waals surface area contributed by atoms with Gasteiger partial charge in [0, 0.05) is 10.0 Å². The molecule has 18 heavy (non-hydrogen) atoms. The van der Waals surface area contributed by atoms with Gasteiger partial charge in [0.1, 0.15) is 11.5 Å². The summed E-state index contributed by atoms with van der Waals surface area (Å²) >= 11 is 2.99. The van der Waals surface area contributed by atoms with Gasteiger partial charge in [0.2, 0.25) is 0 Å². The molecule has 0 fully saturated rings. The van der Waals surface area contributed by atoms with Crippen molar-refractivity contribution in [3.8, 4) is 0 Å². The van der Waals surface area contributed by atoms with Crippen LogP contribution in [0.1, 0.15) is 11.3 Å². The first-order valence-corrected chi connectivity index (χ1v) is 5.60. The Hall–Kier alpha value is -1.37. The summed E-state index contributed by atoms with van der Waals surface area (Å²) in [5.41, 5.74) is -2.87. The Bertz CT molecular complexity index is 690. The van der Waals surface area contributed by atoms with Crippen molar-refractivity contribution in [2.24, 2.45) is 0 Å². The molecule has 0 bridgehead atoms. The average Bonchev–Trinajstić information content (AvgIpc) is 2.26. The third-order valence-corrected chi connectivity index (χ3v) is 3.24. The monoisotopic (exact) mass is 323 g/mol.